The molecular formula is C21H27N3O3S. The number of morpholine rings is 1. The molecule has 1 atom stereocenters. The lowest BCUT2D eigenvalue weighted by Crippen LogP contribution is -2.40. The molecule has 0 radical (unpaired) electrons. The molecule has 1 fully saturated rings. The fraction of sp³-hybridized carbons (Fsp3) is 0.429. The molecule has 1 aromatic carbocycles. The third-order valence-corrected chi connectivity index (χ3v) is 5.66. The minimum atomic E-state index is -0.0912. The van der Waals surface area contributed by atoms with E-state index in [-0.39, 0.29) is 17.9 Å². The van der Waals surface area contributed by atoms with E-state index in [2.05, 4.69) is 34.6 Å². The van der Waals surface area contributed by atoms with E-state index in [4.69, 9.17) is 4.74 Å². The van der Waals surface area contributed by atoms with Gasteiger partial charge in [0.25, 0.3) is 5.91 Å². The molecule has 150 valence electrons. The molecule has 1 saturated heterocycles. The van der Waals surface area contributed by atoms with Crippen LogP contribution in [0.25, 0.3) is 0 Å². The standard InChI is InChI=1S/C21H27N3O3S/c1-15-13-24(8-9-27-15)14-18-5-3-4-17(10-18)11-23-21(26)20-7-6-19(28-20)12-22-16(2)25/h3-7,10,15H,8-9,11-14H2,1-2H3,(H,22,25)(H,23,26). The molecule has 0 bridgehead atoms. The number of carbonyl (C=O) groups excluding carboxylic acids is 2. The molecule has 0 saturated carbocycles. The van der Waals surface area contributed by atoms with Gasteiger partial charge in [-0.3, -0.25) is 14.5 Å². The first kappa shape index (κ1) is 20.5. The Balaban J connectivity index is 1.51. The number of benzene rings is 1. The lowest BCUT2D eigenvalue weighted by molar-refractivity contribution is -0.119. The zero-order valence-corrected chi connectivity index (χ0v) is 17.2. The maximum Gasteiger partial charge on any atom is 0.261 e. The van der Waals surface area contributed by atoms with Crippen LogP contribution in [0.15, 0.2) is 36.4 Å². The Morgan fingerprint density at radius 3 is 2.79 bits per heavy atom. The van der Waals surface area contributed by atoms with Gasteiger partial charge in [0.15, 0.2) is 0 Å². The number of amides is 2. The van der Waals surface area contributed by atoms with Crippen molar-refractivity contribution in [2.45, 2.75) is 39.6 Å². The van der Waals surface area contributed by atoms with E-state index in [9.17, 15) is 9.59 Å². The molecule has 6 nitrogen and oxygen atoms in total. The highest BCUT2D eigenvalue weighted by atomic mass is 32.1. The summed E-state index contributed by atoms with van der Waals surface area (Å²) in [5.41, 5.74) is 2.33. The molecule has 2 heterocycles. The number of nitrogens with zero attached hydrogens (tertiary/aromatic N) is 1. The van der Waals surface area contributed by atoms with Crippen LogP contribution < -0.4 is 10.6 Å². The number of rotatable bonds is 7. The van der Waals surface area contributed by atoms with Gasteiger partial charge < -0.3 is 15.4 Å². The minimum Gasteiger partial charge on any atom is -0.376 e. The molecule has 1 aliphatic rings. The SMILES string of the molecule is CC(=O)NCc1ccc(C(=O)NCc2cccc(CN3CCOC(C)C3)c2)s1. The predicted octanol–water partition coefficient (Wildman–Crippen LogP) is 2.53. The zero-order chi connectivity index (χ0) is 19.9. The van der Waals surface area contributed by atoms with E-state index in [1.807, 2.05) is 18.2 Å². The number of nitrogens with one attached hydrogen (secondary N) is 2. The van der Waals surface area contributed by atoms with Gasteiger partial charge in [-0.05, 0) is 30.2 Å². The van der Waals surface area contributed by atoms with Gasteiger partial charge >= 0.3 is 0 Å². The van der Waals surface area contributed by atoms with Gasteiger partial charge in [-0.1, -0.05) is 24.3 Å². The Kier molecular flexibility index (Phi) is 7.19. The molecular weight excluding hydrogens is 374 g/mol. The third kappa shape index (κ3) is 6.15. The van der Waals surface area contributed by atoms with Crippen molar-refractivity contribution in [1.82, 2.24) is 15.5 Å². The van der Waals surface area contributed by atoms with Gasteiger partial charge in [0, 0.05) is 38.0 Å². The smallest absolute Gasteiger partial charge is 0.261 e. The van der Waals surface area contributed by atoms with Crippen molar-refractivity contribution < 1.29 is 14.3 Å². The highest BCUT2D eigenvalue weighted by Gasteiger charge is 2.16. The maximum absolute atomic E-state index is 12.4. The van der Waals surface area contributed by atoms with E-state index < -0.39 is 0 Å². The van der Waals surface area contributed by atoms with Gasteiger partial charge in [0.1, 0.15) is 0 Å². The van der Waals surface area contributed by atoms with E-state index in [1.54, 1.807) is 6.07 Å². The maximum atomic E-state index is 12.4. The minimum absolute atomic E-state index is 0.0779. The molecule has 1 aromatic heterocycles. The first-order valence-electron chi connectivity index (χ1n) is 9.52. The monoisotopic (exact) mass is 401 g/mol. The van der Waals surface area contributed by atoms with Crippen LogP contribution in [0, 0.1) is 0 Å². The largest absolute Gasteiger partial charge is 0.376 e. The van der Waals surface area contributed by atoms with E-state index in [1.165, 1.54) is 23.8 Å². The summed E-state index contributed by atoms with van der Waals surface area (Å²) in [4.78, 5) is 27.4. The summed E-state index contributed by atoms with van der Waals surface area (Å²) < 4.78 is 5.60. The molecule has 2 N–H and O–H groups in total. The van der Waals surface area contributed by atoms with Crippen LogP contribution in [0.5, 0.6) is 0 Å². The van der Waals surface area contributed by atoms with Crippen LogP contribution in [0.3, 0.4) is 0 Å². The zero-order valence-electron chi connectivity index (χ0n) is 16.4. The van der Waals surface area contributed by atoms with Crippen LogP contribution in [0.2, 0.25) is 0 Å². The summed E-state index contributed by atoms with van der Waals surface area (Å²) in [7, 11) is 0. The second-order valence-electron chi connectivity index (χ2n) is 7.09. The molecule has 3 rings (SSSR count). The average molecular weight is 402 g/mol. The highest BCUT2D eigenvalue weighted by molar-refractivity contribution is 7.14. The second kappa shape index (κ2) is 9.82. The molecule has 1 unspecified atom stereocenters. The molecule has 28 heavy (non-hydrogen) atoms. The molecule has 0 aliphatic carbocycles. The van der Waals surface area contributed by atoms with Crippen LogP contribution >= 0.6 is 11.3 Å². The Morgan fingerprint density at radius 2 is 2.00 bits per heavy atom. The van der Waals surface area contributed by atoms with Crippen molar-refractivity contribution in [3.63, 3.8) is 0 Å². The van der Waals surface area contributed by atoms with Gasteiger partial charge in [0.2, 0.25) is 5.91 Å². The number of hydrogen-bond donors (Lipinski definition) is 2. The summed E-state index contributed by atoms with van der Waals surface area (Å²) >= 11 is 1.40. The highest BCUT2D eigenvalue weighted by Crippen LogP contribution is 2.17. The van der Waals surface area contributed by atoms with Gasteiger partial charge in [-0.2, -0.15) is 0 Å². The molecule has 2 amide bonds. The van der Waals surface area contributed by atoms with E-state index in [0.717, 1.165) is 36.7 Å². The Morgan fingerprint density at radius 1 is 1.18 bits per heavy atom. The fourth-order valence-electron chi connectivity index (χ4n) is 3.21. The van der Waals surface area contributed by atoms with Gasteiger partial charge in [-0.15, -0.1) is 11.3 Å². The van der Waals surface area contributed by atoms with Crippen molar-refractivity contribution >= 4 is 23.2 Å². The summed E-state index contributed by atoms with van der Waals surface area (Å²) in [6.45, 7) is 8.10. The lowest BCUT2D eigenvalue weighted by Gasteiger charge is -2.31. The summed E-state index contributed by atoms with van der Waals surface area (Å²) in [5.74, 6) is -0.169. The van der Waals surface area contributed by atoms with E-state index in [0.29, 0.717) is 18.0 Å². The van der Waals surface area contributed by atoms with E-state index >= 15 is 0 Å². The van der Waals surface area contributed by atoms with Crippen LogP contribution in [-0.4, -0.2) is 42.5 Å². The first-order chi connectivity index (χ1) is 13.5. The molecule has 1 aliphatic heterocycles. The summed E-state index contributed by atoms with van der Waals surface area (Å²) in [6, 6.07) is 12.0. The topological polar surface area (TPSA) is 70.7 Å². The van der Waals surface area contributed by atoms with Crippen molar-refractivity contribution in [2.75, 3.05) is 19.7 Å². The average Bonchev–Trinajstić information content (AvgIpc) is 3.14. The molecule has 7 heteroatoms. The normalized spacial score (nSPS) is 17.3. The third-order valence-electron chi connectivity index (χ3n) is 4.57. The fourth-order valence-corrected chi connectivity index (χ4v) is 4.07. The first-order valence-corrected chi connectivity index (χ1v) is 10.3. The number of ether oxygens (including phenoxy) is 1. The van der Waals surface area contributed by atoms with Crippen molar-refractivity contribution in [3.05, 3.63) is 57.3 Å². The van der Waals surface area contributed by atoms with Crippen molar-refractivity contribution in [2.24, 2.45) is 0 Å². The summed E-state index contributed by atoms with van der Waals surface area (Å²) in [6.07, 6.45) is 0.276. The van der Waals surface area contributed by atoms with Crippen LogP contribution in [0.1, 0.15) is 39.5 Å². The van der Waals surface area contributed by atoms with Gasteiger partial charge in [0.05, 0.1) is 24.1 Å². The number of carbonyl (C=O) groups is 2. The van der Waals surface area contributed by atoms with Crippen LogP contribution in [-0.2, 0) is 29.2 Å². The van der Waals surface area contributed by atoms with Gasteiger partial charge in [-0.25, -0.2) is 0 Å². The number of hydrogen-bond acceptors (Lipinski definition) is 5. The van der Waals surface area contributed by atoms with Crippen molar-refractivity contribution in [1.29, 1.82) is 0 Å². The Bertz CT molecular complexity index is 821. The Hall–Kier alpha value is -2.22. The Labute approximate surface area is 169 Å². The second-order valence-corrected chi connectivity index (χ2v) is 8.26. The summed E-state index contributed by atoms with van der Waals surface area (Å²) in [5, 5.41) is 5.72. The van der Waals surface area contributed by atoms with Crippen LogP contribution in [0.4, 0.5) is 0 Å². The molecule has 2 aromatic rings. The number of thiophene rings is 1. The quantitative estimate of drug-likeness (QED) is 0.748. The van der Waals surface area contributed by atoms with Crippen molar-refractivity contribution in [3.8, 4) is 0 Å². The predicted molar refractivity (Wildman–Crippen MR) is 110 cm³/mol. The molecule has 0 spiro atoms. The lowest BCUT2D eigenvalue weighted by atomic mass is 10.1.